The normalized spacial score (nSPS) is 21.2. The SMILES string of the molecule is Cc1nc2ccc(F)cc2c(N2CCC(C=O)C(C)C2)c1C#N. The van der Waals surface area contributed by atoms with Gasteiger partial charge in [0.25, 0.3) is 0 Å². The summed E-state index contributed by atoms with van der Waals surface area (Å²) < 4.78 is 13.7. The lowest BCUT2D eigenvalue weighted by Crippen LogP contribution is -2.40. The van der Waals surface area contributed by atoms with Crippen molar-refractivity contribution in [1.82, 2.24) is 4.98 Å². The second kappa shape index (κ2) is 5.96. The second-order valence-electron chi connectivity index (χ2n) is 6.21. The number of fused-ring (bicyclic) bond motifs is 1. The van der Waals surface area contributed by atoms with Crippen molar-refractivity contribution in [2.24, 2.45) is 11.8 Å². The Bertz CT molecular complexity index is 812. The number of pyridine rings is 1. The first-order valence-corrected chi connectivity index (χ1v) is 7.75. The summed E-state index contributed by atoms with van der Waals surface area (Å²) in [5.41, 5.74) is 2.56. The summed E-state index contributed by atoms with van der Waals surface area (Å²) in [6, 6.07) is 6.68. The summed E-state index contributed by atoms with van der Waals surface area (Å²) in [7, 11) is 0. The highest BCUT2D eigenvalue weighted by Gasteiger charge is 2.28. The largest absolute Gasteiger partial charge is 0.370 e. The maximum Gasteiger partial charge on any atom is 0.124 e. The van der Waals surface area contributed by atoms with E-state index in [1.54, 1.807) is 13.0 Å². The molecule has 2 unspecified atom stereocenters. The molecular formula is C18H18FN3O. The number of carbonyl (C=O) groups is 1. The molecule has 4 nitrogen and oxygen atoms in total. The van der Waals surface area contributed by atoms with Gasteiger partial charge in [0.05, 0.1) is 22.5 Å². The standard InChI is InChI=1S/C18H18FN3O/c1-11-9-22(6-5-13(11)10-23)18-15-7-14(19)3-4-17(15)21-12(2)16(18)8-20/h3-4,7,10-11,13H,5-6,9H2,1-2H3. The molecule has 1 aliphatic rings. The molecule has 0 spiro atoms. The lowest BCUT2D eigenvalue weighted by atomic mass is 9.87. The van der Waals surface area contributed by atoms with Crippen molar-refractivity contribution in [2.45, 2.75) is 20.3 Å². The second-order valence-corrected chi connectivity index (χ2v) is 6.21. The van der Waals surface area contributed by atoms with Gasteiger partial charge in [0, 0.05) is 24.4 Å². The number of nitrogens with zero attached hydrogens (tertiary/aromatic N) is 3. The molecular weight excluding hydrogens is 293 g/mol. The minimum absolute atomic E-state index is 0.0442. The maximum absolute atomic E-state index is 13.7. The quantitative estimate of drug-likeness (QED) is 0.799. The van der Waals surface area contributed by atoms with E-state index in [4.69, 9.17) is 0 Å². The van der Waals surface area contributed by atoms with Crippen LogP contribution in [0, 0.1) is 35.9 Å². The van der Waals surface area contributed by atoms with Crippen molar-refractivity contribution < 1.29 is 9.18 Å². The number of nitriles is 1. The molecule has 2 aromatic rings. The predicted molar refractivity (Wildman–Crippen MR) is 86.7 cm³/mol. The molecule has 1 fully saturated rings. The first-order valence-electron chi connectivity index (χ1n) is 7.75. The minimum Gasteiger partial charge on any atom is -0.370 e. The molecule has 118 valence electrons. The van der Waals surface area contributed by atoms with E-state index in [1.165, 1.54) is 12.1 Å². The summed E-state index contributed by atoms with van der Waals surface area (Å²) in [4.78, 5) is 17.6. The zero-order chi connectivity index (χ0) is 16.6. The molecule has 5 heteroatoms. The number of hydrogen-bond acceptors (Lipinski definition) is 4. The number of aromatic nitrogens is 1. The van der Waals surface area contributed by atoms with Crippen molar-refractivity contribution in [3.05, 3.63) is 35.3 Å². The van der Waals surface area contributed by atoms with Gasteiger partial charge in [0.2, 0.25) is 0 Å². The van der Waals surface area contributed by atoms with Crippen LogP contribution < -0.4 is 4.90 Å². The number of benzene rings is 1. The molecule has 0 radical (unpaired) electrons. The first kappa shape index (κ1) is 15.4. The number of hydrogen-bond donors (Lipinski definition) is 0. The number of aldehydes is 1. The summed E-state index contributed by atoms with van der Waals surface area (Å²) in [6.07, 6.45) is 1.76. The van der Waals surface area contributed by atoms with Crippen molar-refractivity contribution >= 4 is 22.9 Å². The molecule has 0 N–H and O–H groups in total. The number of halogens is 1. The Hall–Kier alpha value is -2.48. The van der Waals surface area contributed by atoms with Gasteiger partial charge >= 0.3 is 0 Å². The number of carbonyl (C=O) groups excluding carboxylic acids is 1. The highest BCUT2D eigenvalue weighted by atomic mass is 19.1. The summed E-state index contributed by atoms with van der Waals surface area (Å²) in [5.74, 6) is -0.100. The third-order valence-electron chi connectivity index (χ3n) is 4.67. The molecule has 1 saturated heterocycles. The molecule has 23 heavy (non-hydrogen) atoms. The van der Waals surface area contributed by atoms with Crippen LogP contribution in [0.4, 0.5) is 10.1 Å². The van der Waals surface area contributed by atoms with Gasteiger partial charge in [-0.25, -0.2) is 4.39 Å². The van der Waals surface area contributed by atoms with Gasteiger partial charge in [-0.3, -0.25) is 4.98 Å². The van der Waals surface area contributed by atoms with Gasteiger partial charge in [-0.05, 0) is 37.5 Å². The van der Waals surface area contributed by atoms with Gasteiger partial charge in [0.1, 0.15) is 18.2 Å². The zero-order valence-corrected chi connectivity index (χ0v) is 13.2. The monoisotopic (exact) mass is 311 g/mol. The molecule has 2 heterocycles. The van der Waals surface area contributed by atoms with Crippen molar-refractivity contribution in [3.8, 4) is 6.07 Å². The Morgan fingerprint density at radius 1 is 1.48 bits per heavy atom. The topological polar surface area (TPSA) is 57.0 Å². The smallest absolute Gasteiger partial charge is 0.124 e. The molecule has 0 aliphatic carbocycles. The third kappa shape index (κ3) is 2.65. The third-order valence-corrected chi connectivity index (χ3v) is 4.67. The first-order chi connectivity index (χ1) is 11.0. The van der Waals surface area contributed by atoms with Crippen LogP contribution in [-0.4, -0.2) is 24.4 Å². The minimum atomic E-state index is -0.343. The average molecular weight is 311 g/mol. The number of aryl methyl sites for hydroxylation is 1. The van der Waals surface area contributed by atoms with Gasteiger partial charge in [-0.1, -0.05) is 6.92 Å². The molecule has 1 aromatic heterocycles. The molecule has 0 amide bonds. The summed E-state index contributed by atoms with van der Waals surface area (Å²) >= 11 is 0. The number of rotatable bonds is 2. The Labute approximate surface area is 134 Å². The highest BCUT2D eigenvalue weighted by Crippen LogP contribution is 2.35. The van der Waals surface area contributed by atoms with Crippen LogP contribution in [0.2, 0.25) is 0 Å². The van der Waals surface area contributed by atoms with E-state index in [0.717, 1.165) is 18.4 Å². The summed E-state index contributed by atoms with van der Waals surface area (Å²) in [5, 5.41) is 10.2. The fraction of sp³-hybridized carbons (Fsp3) is 0.389. The molecule has 1 aliphatic heterocycles. The molecule has 0 bridgehead atoms. The molecule has 3 rings (SSSR count). The Morgan fingerprint density at radius 2 is 2.26 bits per heavy atom. The molecule has 2 atom stereocenters. The Kier molecular flexibility index (Phi) is 3.99. The van der Waals surface area contributed by atoms with Gasteiger partial charge in [0.15, 0.2) is 0 Å². The van der Waals surface area contributed by atoms with Crippen LogP contribution in [0.3, 0.4) is 0 Å². The van der Waals surface area contributed by atoms with Crippen LogP contribution in [0.1, 0.15) is 24.6 Å². The molecule has 1 aromatic carbocycles. The van der Waals surface area contributed by atoms with Crippen LogP contribution in [0.15, 0.2) is 18.2 Å². The van der Waals surface area contributed by atoms with Gasteiger partial charge in [-0.15, -0.1) is 0 Å². The van der Waals surface area contributed by atoms with E-state index in [2.05, 4.69) is 16.0 Å². The van der Waals surface area contributed by atoms with Crippen LogP contribution in [0.5, 0.6) is 0 Å². The van der Waals surface area contributed by atoms with Crippen LogP contribution in [0.25, 0.3) is 10.9 Å². The summed E-state index contributed by atoms with van der Waals surface area (Å²) in [6.45, 7) is 5.19. The van der Waals surface area contributed by atoms with Crippen molar-refractivity contribution in [2.75, 3.05) is 18.0 Å². The van der Waals surface area contributed by atoms with Gasteiger partial charge in [-0.2, -0.15) is 5.26 Å². The Morgan fingerprint density at radius 3 is 2.91 bits per heavy atom. The highest BCUT2D eigenvalue weighted by molar-refractivity contribution is 5.95. The van der Waals surface area contributed by atoms with E-state index in [-0.39, 0.29) is 17.7 Å². The van der Waals surface area contributed by atoms with Crippen LogP contribution >= 0.6 is 0 Å². The van der Waals surface area contributed by atoms with Crippen molar-refractivity contribution in [3.63, 3.8) is 0 Å². The fourth-order valence-electron chi connectivity index (χ4n) is 3.37. The van der Waals surface area contributed by atoms with Gasteiger partial charge < -0.3 is 9.69 Å². The van der Waals surface area contributed by atoms with E-state index in [1.807, 2.05) is 6.92 Å². The predicted octanol–water partition coefficient (Wildman–Crippen LogP) is 3.22. The number of piperidine rings is 1. The van der Waals surface area contributed by atoms with Crippen LogP contribution in [-0.2, 0) is 4.79 Å². The lowest BCUT2D eigenvalue weighted by Gasteiger charge is -2.37. The lowest BCUT2D eigenvalue weighted by molar-refractivity contribution is -0.112. The van der Waals surface area contributed by atoms with Crippen molar-refractivity contribution in [1.29, 1.82) is 5.26 Å². The Balaban J connectivity index is 2.17. The fourth-order valence-corrected chi connectivity index (χ4v) is 3.37. The number of anilines is 1. The van der Waals surface area contributed by atoms with E-state index in [9.17, 15) is 14.4 Å². The van der Waals surface area contributed by atoms with E-state index in [0.29, 0.717) is 35.2 Å². The zero-order valence-electron chi connectivity index (χ0n) is 13.2. The average Bonchev–Trinajstić information content (AvgIpc) is 2.54. The van der Waals surface area contributed by atoms with E-state index >= 15 is 0 Å². The molecule has 0 saturated carbocycles. The van der Waals surface area contributed by atoms with E-state index < -0.39 is 0 Å². The maximum atomic E-state index is 13.7.